The molecule has 0 fully saturated rings. The summed E-state index contributed by atoms with van der Waals surface area (Å²) in [5.74, 6) is -0.204. The molecule has 0 radical (unpaired) electrons. The summed E-state index contributed by atoms with van der Waals surface area (Å²) in [6.45, 7) is 7.25. The lowest BCUT2D eigenvalue weighted by atomic mass is 10.1. The average molecular weight is 221 g/mol. The number of anilines is 1. The number of carbonyl (C=O) groups is 1. The van der Waals surface area contributed by atoms with Crippen LogP contribution in [-0.4, -0.2) is 26.2 Å². The van der Waals surface area contributed by atoms with Crippen LogP contribution >= 0.6 is 0 Å². The molecular formula is C13H19NO2. The number of carbonyl (C=O) groups excluding carboxylic acids is 1. The van der Waals surface area contributed by atoms with Gasteiger partial charge in [0.15, 0.2) is 0 Å². The first-order valence-electron chi connectivity index (χ1n) is 5.48. The Morgan fingerprint density at radius 2 is 1.88 bits per heavy atom. The Morgan fingerprint density at radius 1 is 1.31 bits per heavy atom. The van der Waals surface area contributed by atoms with Crippen LogP contribution in [0.2, 0.25) is 0 Å². The summed E-state index contributed by atoms with van der Waals surface area (Å²) in [4.78, 5) is 13.4. The Hall–Kier alpha value is -1.51. The molecule has 0 aromatic heterocycles. The number of hydrogen-bond donors (Lipinski definition) is 0. The van der Waals surface area contributed by atoms with Gasteiger partial charge in [0.2, 0.25) is 0 Å². The molecular weight excluding hydrogens is 202 g/mol. The summed E-state index contributed by atoms with van der Waals surface area (Å²) in [6, 6.07) is 6.14. The molecule has 0 aliphatic carbocycles. The Morgan fingerprint density at radius 3 is 2.31 bits per heavy atom. The van der Waals surface area contributed by atoms with Crippen molar-refractivity contribution in [1.82, 2.24) is 0 Å². The molecule has 0 saturated carbocycles. The maximum Gasteiger partial charge on any atom is 0.325 e. The second kappa shape index (κ2) is 5.54. The van der Waals surface area contributed by atoms with E-state index in [-0.39, 0.29) is 5.97 Å². The molecule has 0 spiro atoms. The van der Waals surface area contributed by atoms with Crippen LogP contribution in [0.5, 0.6) is 0 Å². The summed E-state index contributed by atoms with van der Waals surface area (Å²) in [5.41, 5.74) is 3.51. The number of hydrogen-bond acceptors (Lipinski definition) is 3. The molecule has 88 valence electrons. The minimum atomic E-state index is -0.204. The molecule has 0 unspecified atom stereocenters. The van der Waals surface area contributed by atoms with Gasteiger partial charge >= 0.3 is 5.97 Å². The summed E-state index contributed by atoms with van der Waals surface area (Å²) < 4.78 is 4.70. The molecule has 0 amide bonds. The van der Waals surface area contributed by atoms with Crippen molar-refractivity contribution in [2.75, 3.05) is 25.1 Å². The Balaban J connectivity index is 2.99. The number of benzene rings is 1. The van der Waals surface area contributed by atoms with Crippen LogP contribution in [0.3, 0.4) is 0 Å². The van der Waals surface area contributed by atoms with Gasteiger partial charge in [0.25, 0.3) is 0 Å². The standard InChI is InChI=1S/C13H19NO2/c1-5-14(9-12(15)16-4)13-10(2)7-6-8-11(13)3/h6-8H,5,9H2,1-4H3. The second-order valence-electron chi connectivity index (χ2n) is 3.83. The summed E-state index contributed by atoms with van der Waals surface area (Å²) in [5, 5.41) is 0. The molecule has 3 heteroatoms. The number of para-hydroxylation sites is 1. The highest BCUT2D eigenvalue weighted by Crippen LogP contribution is 2.24. The van der Waals surface area contributed by atoms with Gasteiger partial charge in [-0.25, -0.2) is 0 Å². The summed E-state index contributed by atoms with van der Waals surface area (Å²) in [7, 11) is 1.42. The highest BCUT2D eigenvalue weighted by Gasteiger charge is 2.13. The quantitative estimate of drug-likeness (QED) is 0.731. The van der Waals surface area contributed by atoms with Crippen molar-refractivity contribution in [2.45, 2.75) is 20.8 Å². The van der Waals surface area contributed by atoms with Crippen LogP contribution in [0.1, 0.15) is 18.1 Å². The molecule has 0 heterocycles. The zero-order valence-corrected chi connectivity index (χ0v) is 10.4. The molecule has 16 heavy (non-hydrogen) atoms. The van der Waals surface area contributed by atoms with Crippen molar-refractivity contribution in [3.8, 4) is 0 Å². The van der Waals surface area contributed by atoms with E-state index in [1.165, 1.54) is 18.2 Å². The van der Waals surface area contributed by atoms with Crippen molar-refractivity contribution in [3.63, 3.8) is 0 Å². The van der Waals surface area contributed by atoms with Crippen LogP contribution in [0.25, 0.3) is 0 Å². The van der Waals surface area contributed by atoms with E-state index in [4.69, 9.17) is 4.74 Å². The average Bonchev–Trinajstić information content (AvgIpc) is 2.27. The smallest absolute Gasteiger partial charge is 0.325 e. The third-order valence-electron chi connectivity index (χ3n) is 2.69. The lowest BCUT2D eigenvalue weighted by Crippen LogP contribution is -2.31. The lowest BCUT2D eigenvalue weighted by Gasteiger charge is -2.25. The van der Waals surface area contributed by atoms with Gasteiger partial charge in [-0.2, -0.15) is 0 Å². The fourth-order valence-corrected chi connectivity index (χ4v) is 1.87. The van der Waals surface area contributed by atoms with Crippen LogP contribution in [0.4, 0.5) is 5.69 Å². The van der Waals surface area contributed by atoms with Crippen LogP contribution in [0, 0.1) is 13.8 Å². The lowest BCUT2D eigenvalue weighted by molar-refractivity contribution is -0.138. The first kappa shape index (κ1) is 12.6. The number of ether oxygens (including phenoxy) is 1. The van der Waals surface area contributed by atoms with Gasteiger partial charge < -0.3 is 9.64 Å². The topological polar surface area (TPSA) is 29.5 Å². The highest BCUT2D eigenvalue weighted by molar-refractivity contribution is 5.76. The van der Waals surface area contributed by atoms with Gasteiger partial charge in [0.05, 0.1) is 7.11 Å². The normalized spacial score (nSPS) is 10.0. The largest absolute Gasteiger partial charge is 0.468 e. The number of nitrogens with zero attached hydrogens (tertiary/aromatic N) is 1. The van der Waals surface area contributed by atoms with E-state index in [1.54, 1.807) is 0 Å². The Bertz CT molecular complexity index is 354. The zero-order chi connectivity index (χ0) is 12.1. The van der Waals surface area contributed by atoms with Crippen molar-refractivity contribution in [1.29, 1.82) is 0 Å². The molecule has 0 aliphatic rings. The summed E-state index contributed by atoms with van der Waals surface area (Å²) >= 11 is 0. The fourth-order valence-electron chi connectivity index (χ4n) is 1.87. The second-order valence-corrected chi connectivity index (χ2v) is 3.83. The minimum absolute atomic E-state index is 0.204. The van der Waals surface area contributed by atoms with Gasteiger partial charge in [0, 0.05) is 12.2 Å². The zero-order valence-electron chi connectivity index (χ0n) is 10.4. The van der Waals surface area contributed by atoms with Crippen molar-refractivity contribution >= 4 is 11.7 Å². The number of esters is 1. The minimum Gasteiger partial charge on any atom is -0.468 e. The third-order valence-corrected chi connectivity index (χ3v) is 2.69. The van der Waals surface area contributed by atoms with Crippen LogP contribution in [-0.2, 0) is 9.53 Å². The molecule has 1 rings (SSSR count). The molecule has 3 nitrogen and oxygen atoms in total. The van der Waals surface area contributed by atoms with Gasteiger partial charge in [-0.15, -0.1) is 0 Å². The van der Waals surface area contributed by atoms with E-state index in [9.17, 15) is 4.79 Å². The van der Waals surface area contributed by atoms with Gasteiger partial charge in [0.1, 0.15) is 6.54 Å². The molecule has 1 aromatic rings. The van der Waals surface area contributed by atoms with Gasteiger partial charge in [-0.05, 0) is 31.9 Å². The fraction of sp³-hybridized carbons (Fsp3) is 0.462. The maximum absolute atomic E-state index is 11.3. The Kier molecular flexibility index (Phi) is 4.35. The highest BCUT2D eigenvalue weighted by atomic mass is 16.5. The van der Waals surface area contributed by atoms with E-state index in [2.05, 4.69) is 26.0 Å². The predicted octanol–water partition coefficient (Wildman–Crippen LogP) is 2.30. The number of aryl methyl sites for hydroxylation is 2. The van der Waals surface area contributed by atoms with Crippen molar-refractivity contribution in [3.05, 3.63) is 29.3 Å². The first-order valence-corrected chi connectivity index (χ1v) is 5.48. The predicted molar refractivity (Wildman–Crippen MR) is 65.8 cm³/mol. The van der Waals surface area contributed by atoms with E-state index >= 15 is 0 Å². The summed E-state index contributed by atoms with van der Waals surface area (Å²) in [6.07, 6.45) is 0. The van der Waals surface area contributed by atoms with Crippen LogP contribution < -0.4 is 4.90 Å². The SMILES string of the molecule is CCN(CC(=O)OC)c1c(C)cccc1C. The maximum atomic E-state index is 11.3. The Labute approximate surface area is 97.0 Å². The van der Waals surface area contributed by atoms with Crippen molar-refractivity contribution in [2.24, 2.45) is 0 Å². The number of rotatable bonds is 4. The molecule has 0 aliphatic heterocycles. The molecule has 1 aromatic carbocycles. The van der Waals surface area contributed by atoms with Crippen molar-refractivity contribution < 1.29 is 9.53 Å². The molecule has 0 N–H and O–H groups in total. The van der Waals surface area contributed by atoms with E-state index in [0.29, 0.717) is 6.54 Å². The molecule has 0 atom stereocenters. The van der Waals surface area contributed by atoms with E-state index in [0.717, 1.165) is 12.2 Å². The van der Waals surface area contributed by atoms with Crippen LogP contribution in [0.15, 0.2) is 18.2 Å². The molecule has 0 bridgehead atoms. The number of methoxy groups -OCH3 is 1. The van der Waals surface area contributed by atoms with E-state index < -0.39 is 0 Å². The van der Waals surface area contributed by atoms with Gasteiger partial charge in [-0.3, -0.25) is 4.79 Å². The first-order chi connectivity index (χ1) is 7.60. The van der Waals surface area contributed by atoms with E-state index in [1.807, 2.05) is 17.9 Å². The number of likely N-dealkylation sites (N-methyl/N-ethyl adjacent to an activating group) is 1. The van der Waals surface area contributed by atoms with Gasteiger partial charge in [-0.1, -0.05) is 18.2 Å². The third kappa shape index (κ3) is 2.75. The monoisotopic (exact) mass is 221 g/mol. The molecule has 0 saturated heterocycles.